The molecule has 1 aliphatic heterocycles. The number of aromatic nitrogens is 1. The largest absolute Gasteiger partial charge is 0.497 e. The number of carboxylic acid groups (broad SMARTS) is 1. The zero-order valence-corrected chi connectivity index (χ0v) is 26.1. The van der Waals surface area contributed by atoms with E-state index in [9.17, 15) is 24.3 Å². The van der Waals surface area contributed by atoms with Gasteiger partial charge in [0, 0.05) is 30.5 Å². The van der Waals surface area contributed by atoms with Crippen molar-refractivity contribution in [1.82, 2.24) is 15.2 Å². The molecule has 2 aliphatic rings. The summed E-state index contributed by atoms with van der Waals surface area (Å²) in [4.78, 5) is 58.9. The average molecular weight is 624 g/mol. The summed E-state index contributed by atoms with van der Waals surface area (Å²) in [6, 6.07) is 6.09. The maximum Gasteiger partial charge on any atom is 0.330 e. The number of rotatable bonds is 14. The molecule has 0 radical (unpaired) electrons. The van der Waals surface area contributed by atoms with Gasteiger partial charge in [0.2, 0.25) is 17.7 Å². The first-order valence-corrected chi connectivity index (χ1v) is 14.8. The summed E-state index contributed by atoms with van der Waals surface area (Å²) >= 11 is 0. The van der Waals surface area contributed by atoms with Crippen LogP contribution in [0.3, 0.4) is 0 Å². The monoisotopic (exact) mass is 623 g/mol. The third-order valence-corrected chi connectivity index (χ3v) is 7.86. The molecular weight excluding hydrogens is 582 g/mol. The lowest BCUT2D eigenvalue weighted by molar-refractivity contribution is -0.166. The second kappa shape index (κ2) is 13.7. The molecule has 1 saturated carbocycles. The van der Waals surface area contributed by atoms with E-state index in [2.05, 4.69) is 23.5 Å². The van der Waals surface area contributed by atoms with Gasteiger partial charge in [0.05, 0.1) is 20.3 Å². The predicted octanol–water partition coefficient (Wildman–Crippen LogP) is 3.29. The molecule has 1 saturated heterocycles. The lowest BCUT2D eigenvalue weighted by Gasteiger charge is -2.30. The van der Waals surface area contributed by atoms with Crippen LogP contribution in [0.2, 0.25) is 0 Å². The smallest absolute Gasteiger partial charge is 0.330 e. The molecular formula is C33H41N3O9. The van der Waals surface area contributed by atoms with Crippen molar-refractivity contribution in [3.05, 3.63) is 55.8 Å². The maximum atomic E-state index is 14.1. The van der Waals surface area contributed by atoms with Gasteiger partial charge in [0.15, 0.2) is 0 Å². The van der Waals surface area contributed by atoms with Crippen LogP contribution in [0.1, 0.15) is 40.0 Å². The highest BCUT2D eigenvalue weighted by Crippen LogP contribution is 2.45. The molecule has 242 valence electrons. The molecule has 12 heteroatoms. The Labute approximate surface area is 262 Å². The van der Waals surface area contributed by atoms with Crippen molar-refractivity contribution < 1.29 is 43.2 Å². The van der Waals surface area contributed by atoms with Gasteiger partial charge in [-0.1, -0.05) is 12.2 Å². The number of hydrogen-bond acceptors (Lipinski definition) is 9. The number of aliphatic carboxylic acids is 1. The fourth-order valence-electron chi connectivity index (χ4n) is 5.48. The Kier molecular flexibility index (Phi) is 10.2. The van der Waals surface area contributed by atoms with Crippen molar-refractivity contribution in [1.29, 1.82) is 0 Å². The average Bonchev–Trinajstić information content (AvgIpc) is 3.55. The predicted molar refractivity (Wildman–Crippen MR) is 165 cm³/mol. The second-order valence-corrected chi connectivity index (χ2v) is 12.2. The summed E-state index contributed by atoms with van der Waals surface area (Å²) in [5.41, 5.74) is -2.38. The van der Waals surface area contributed by atoms with Crippen LogP contribution in [0.4, 0.5) is 0 Å². The van der Waals surface area contributed by atoms with Crippen molar-refractivity contribution in [3.63, 3.8) is 0 Å². The standard InChI is InChI=1S/C33H41N3O9/c1-7-14-43-15-12-25(30(39)45-32(3,4)5)29(38)36-19-23(17-26(36)27(37)35-33(31(40)41)18-21(33)8-2)44-28-24-10-9-22(42-6)16-20(24)11-13-34-28/h7-11,13,16,21,23,25-26H,1-2,12,14-15,17-19H2,3-6H3,(H,35,37)(H,40,41)/t21?,23-,25?,26+,33?/m1/s1. The van der Waals surface area contributed by atoms with Gasteiger partial charge in [-0.3, -0.25) is 14.4 Å². The van der Waals surface area contributed by atoms with Crippen molar-refractivity contribution in [2.45, 2.75) is 63.3 Å². The number of amides is 2. The van der Waals surface area contributed by atoms with Gasteiger partial charge in [-0.2, -0.15) is 0 Å². The molecule has 2 heterocycles. The molecule has 2 N–H and O–H groups in total. The van der Waals surface area contributed by atoms with Gasteiger partial charge in [0.25, 0.3) is 0 Å². The Hall–Kier alpha value is -4.45. The fraction of sp³-hybridized carbons (Fsp3) is 0.485. The molecule has 3 unspecified atom stereocenters. The maximum absolute atomic E-state index is 14.1. The van der Waals surface area contributed by atoms with E-state index in [0.717, 1.165) is 5.39 Å². The molecule has 0 spiro atoms. The number of hydrogen-bond donors (Lipinski definition) is 2. The van der Waals surface area contributed by atoms with Crippen LogP contribution in [-0.4, -0.2) is 88.9 Å². The Morgan fingerprint density at radius 2 is 1.98 bits per heavy atom. The molecule has 1 aromatic heterocycles. The number of carbonyl (C=O) groups is 4. The summed E-state index contributed by atoms with van der Waals surface area (Å²) in [6.07, 6.45) is 4.15. The van der Waals surface area contributed by atoms with E-state index in [-0.39, 0.29) is 39.0 Å². The van der Waals surface area contributed by atoms with Gasteiger partial charge in [-0.15, -0.1) is 13.2 Å². The zero-order chi connectivity index (χ0) is 32.9. The van der Waals surface area contributed by atoms with Crippen molar-refractivity contribution in [2.75, 3.05) is 26.9 Å². The van der Waals surface area contributed by atoms with Gasteiger partial charge >= 0.3 is 11.9 Å². The van der Waals surface area contributed by atoms with Crippen LogP contribution in [0.25, 0.3) is 10.8 Å². The van der Waals surface area contributed by atoms with Crippen LogP contribution in [0, 0.1) is 11.8 Å². The van der Waals surface area contributed by atoms with Crippen molar-refractivity contribution in [2.24, 2.45) is 11.8 Å². The fourth-order valence-corrected chi connectivity index (χ4v) is 5.48. The highest BCUT2D eigenvalue weighted by molar-refractivity contribution is 6.01. The number of carboxylic acids is 1. The van der Waals surface area contributed by atoms with Gasteiger partial charge in [-0.25, -0.2) is 9.78 Å². The topological polar surface area (TPSA) is 154 Å². The minimum absolute atomic E-state index is 0.00224. The number of nitrogens with one attached hydrogen (secondary N) is 1. The van der Waals surface area contributed by atoms with E-state index in [1.165, 1.54) is 11.0 Å². The summed E-state index contributed by atoms with van der Waals surface area (Å²) in [5, 5.41) is 14.1. The van der Waals surface area contributed by atoms with Crippen LogP contribution in [0.15, 0.2) is 55.8 Å². The molecule has 2 fully saturated rings. The van der Waals surface area contributed by atoms with E-state index in [1.54, 1.807) is 52.3 Å². The number of likely N-dealkylation sites (tertiary alicyclic amines) is 1. The van der Waals surface area contributed by atoms with Crippen molar-refractivity contribution >= 4 is 34.5 Å². The first kappa shape index (κ1) is 33.4. The summed E-state index contributed by atoms with van der Waals surface area (Å²) in [7, 11) is 1.57. The zero-order valence-electron chi connectivity index (χ0n) is 26.1. The quantitative estimate of drug-likeness (QED) is 0.139. The number of carbonyl (C=O) groups excluding carboxylic acids is 3. The van der Waals surface area contributed by atoms with E-state index < -0.39 is 58.9 Å². The summed E-state index contributed by atoms with van der Waals surface area (Å²) in [6.45, 7) is 12.6. The highest BCUT2D eigenvalue weighted by atomic mass is 16.6. The first-order valence-electron chi connectivity index (χ1n) is 14.8. The molecule has 2 amide bonds. The molecule has 1 aromatic carbocycles. The number of methoxy groups -OCH3 is 1. The third kappa shape index (κ3) is 7.62. The molecule has 0 bridgehead atoms. The van der Waals surface area contributed by atoms with Crippen LogP contribution in [-0.2, 0) is 28.7 Å². The molecule has 2 aromatic rings. The van der Waals surface area contributed by atoms with E-state index in [1.807, 2.05) is 12.1 Å². The second-order valence-electron chi connectivity index (χ2n) is 12.2. The number of ether oxygens (including phenoxy) is 4. The van der Waals surface area contributed by atoms with Gasteiger partial charge < -0.3 is 34.3 Å². The molecule has 1 aliphatic carbocycles. The minimum Gasteiger partial charge on any atom is -0.497 e. The van der Waals surface area contributed by atoms with E-state index >= 15 is 0 Å². The van der Waals surface area contributed by atoms with Crippen molar-refractivity contribution in [3.8, 4) is 11.6 Å². The Balaban J connectivity index is 1.64. The van der Waals surface area contributed by atoms with Crippen LogP contribution >= 0.6 is 0 Å². The van der Waals surface area contributed by atoms with E-state index in [0.29, 0.717) is 17.0 Å². The van der Waals surface area contributed by atoms with Gasteiger partial charge in [-0.05, 0) is 63.3 Å². The summed E-state index contributed by atoms with van der Waals surface area (Å²) < 4.78 is 22.6. The molecule has 12 nitrogen and oxygen atoms in total. The SMILES string of the molecule is C=CCOCCC(C(=O)OC(C)(C)C)C(=O)N1C[C@H](Oc2nccc3cc(OC)ccc23)C[C@H]1C(=O)NC1(C(=O)O)CC1C=C. The molecule has 45 heavy (non-hydrogen) atoms. The Morgan fingerprint density at radius 3 is 2.60 bits per heavy atom. The number of pyridine rings is 1. The van der Waals surface area contributed by atoms with Crippen LogP contribution < -0.4 is 14.8 Å². The lowest BCUT2D eigenvalue weighted by Crippen LogP contribution is -2.54. The summed E-state index contributed by atoms with van der Waals surface area (Å²) in [5.74, 6) is -4.02. The lowest BCUT2D eigenvalue weighted by atomic mass is 10.0. The number of nitrogens with zero attached hydrogens (tertiary/aromatic N) is 2. The highest BCUT2D eigenvalue weighted by Gasteiger charge is 2.61. The third-order valence-electron chi connectivity index (χ3n) is 7.86. The minimum atomic E-state index is -1.51. The van der Waals surface area contributed by atoms with Gasteiger partial charge in [0.1, 0.15) is 35.0 Å². The normalized spacial score (nSPS) is 23.1. The van der Waals surface area contributed by atoms with Crippen LogP contribution in [0.5, 0.6) is 11.6 Å². The Bertz CT molecular complexity index is 1470. The first-order chi connectivity index (χ1) is 21.3. The molecule has 5 atom stereocenters. The number of esters is 1. The Morgan fingerprint density at radius 1 is 1.22 bits per heavy atom. The number of fused-ring (bicyclic) bond motifs is 1. The number of benzene rings is 1. The van der Waals surface area contributed by atoms with E-state index in [4.69, 9.17) is 18.9 Å². The molecule has 4 rings (SSSR count).